The molecule has 3 aliphatic rings. The first kappa shape index (κ1) is 27.2. The van der Waals surface area contributed by atoms with Crippen molar-refractivity contribution in [3.8, 4) is 5.75 Å². The number of aromatic hydroxyl groups is 1. The van der Waals surface area contributed by atoms with Crippen LogP contribution in [-0.4, -0.2) is 47.1 Å². The zero-order valence-corrected chi connectivity index (χ0v) is 22.5. The Morgan fingerprint density at radius 3 is 2.59 bits per heavy atom. The molecule has 0 saturated heterocycles. The molecule has 0 amide bonds. The van der Waals surface area contributed by atoms with Crippen LogP contribution in [0.15, 0.2) is 59.9 Å². The minimum Gasteiger partial charge on any atom is -0.507 e. The maximum absolute atomic E-state index is 12.6. The molecule has 6 heteroatoms. The number of hydrogen-bond donors (Lipinski definition) is 3. The highest BCUT2D eigenvalue weighted by atomic mass is 16.5. The largest absolute Gasteiger partial charge is 0.507 e. The highest BCUT2D eigenvalue weighted by Gasteiger charge is 2.57. The lowest BCUT2D eigenvalue weighted by Crippen LogP contribution is -2.57. The number of carbonyl (C=O) groups is 1. The van der Waals surface area contributed by atoms with Crippen molar-refractivity contribution in [2.75, 3.05) is 24.6 Å². The number of allylic oxidation sites excluding steroid dienone is 3. The molecule has 6 nitrogen and oxygen atoms in total. The summed E-state index contributed by atoms with van der Waals surface area (Å²) in [4.78, 5) is 14.8. The number of phenolic OH excluding ortho intramolecular Hbond substituents is 1. The number of ether oxygens (including phenoxy) is 1. The van der Waals surface area contributed by atoms with E-state index in [1.807, 2.05) is 25.1 Å². The number of fused-ring (bicyclic) bond motifs is 1. The van der Waals surface area contributed by atoms with E-state index in [0.29, 0.717) is 23.3 Å². The highest BCUT2D eigenvalue weighted by Crippen LogP contribution is 2.61. The Balaban J connectivity index is 1.57. The number of cyclic esters (lactones) is 1. The zero-order valence-electron chi connectivity index (χ0n) is 22.5. The fourth-order valence-corrected chi connectivity index (χ4v) is 6.88. The van der Waals surface area contributed by atoms with Crippen molar-refractivity contribution in [2.24, 2.45) is 22.7 Å². The predicted octanol–water partition coefficient (Wildman–Crippen LogP) is 5.36. The topological polar surface area (TPSA) is 90.2 Å². The fraction of sp³-hybridized carbons (Fsp3) is 0.516. The van der Waals surface area contributed by atoms with Crippen molar-refractivity contribution in [1.29, 1.82) is 0 Å². The van der Waals surface area contributed by atoms with E-state index >= 15 is 0 Å². The zero-order chi connectivity index (χ0) is 27.0. The van der Waals surface area contributed by atoms with Gasteiger partial charge in [-0.15, -0.1) is 0 Å². The number of hydrogen-bond acceptors (Lipinski definition) is 6. The molecule has 5 atom stereocenters. The Morgan fingerprint density at radius 1 is 1.22 bits per heavy atom. The summed E-state index contributed by atoms with van der Waals surface area (Å²) in [5.74, 6) is 0.272. The van der Waals surface area contributed by atoms with Crippen molar-refractivity contribution < 1.29 is 24.9 Å². The summed E-state index contributed by atoms with van der Waals surface area (Å²) < 4.78 is 5.48. The molecule has 200 valence electrons. The molecular weight excluding hydrogens is 466 g/mol. The van der Waals surface area contributed by atoms with Gasteiger partial charge in [0.1, 0.15) is 11.5 Å². The Labute approximate surface area is 220 Å². The second kappa shape index (κ2) is 10.5. The molecule has 0 radical (unpaired) electrons. The van der Waals surface area contributed by atoms with Gasteiger partial charge in [-0.1, -0.05) is 38.2 Å². The summed E-state index contributed by atoms with van der Waals surface area (Å²) >= 11 is 0. The van der Waals surface area contributed by atoms with Crippen molar-refractivity contribution in [1.82, 2.24) is 0 Å². The van der Waals surface area contributed by atoms with Crippen molar-refractivity contribution in [2.45, 2.75) is 59.5 Å². The van der Waals surface area contributed by atoms with Gasteiger partial charge in [-0.25, -0.2) is 4.79 Å². The van der Waals surface area contributed by atoms with Crippen molar-refractivity contribution in [3.05, 3.63) is 65.5 Å². The number of esters is 1. The summed E-state index contributed by atoms with van der Waals surface area (Å²) in [6.45, 7) is 14.4. The molecule has 0 spiro atoms. The van der Waals surface area contributed by atoms with E-state index in [-0.39, 0.29) is 29.6 Å². The Bertz CT molecular complexity index is 1150. The number of nitrogens with zero attached hydrogens (tertiary/aromatic N) is 1. The number of aliphatic hydroxyl groups excluding tert-OH is 2. The van der Waals surface area contributed by atoms with Crippen molar-refractivity contribution >= 4 is 17.7 Å². The van der Waals surface area contributed by atoms with Gasteiger partial charge in [-0.05, 0) is 75.1 Å². The molecule has 1 aromatic rings. The van der Waals surface area contributed by atoms with E-state index in [1.54, 1.807) is 18.2 Å². The molecule has 1 aromatic carbocycles. The number of anilines is 1. The van der Waals surface area contributed by atoms with Crippen LogP contribution < -0.4 is 4.90 Å². The van der Waals surface area contributed by atoms with E-state index < -0.39 is 17.5 Å². The summed E-state index contributed by atoms with van der Waals surface area (Å²) in [6.07, 6.45) is 9.90. The number of rotatable bonds is 7. The maximum atomic E-state index is 12.6. The Kier molecular flexibility index (Phi) is 7.72. The van der Waals surface area contributed by atoms with Crippen LogP contribution in [-0.2, 0) is 9.53 Å². The van der Waals surface area contributed by atoms with Gasteiger partial charge >= 0.3 is 5.97 Å². The molecular formula is C31H41NO5. The molecule has 2 unspecified atom stereocenters. The molecule has 1 heterocycles. The van der Waals surface area contributed by atoms with Crippen LogP contribution in [0, 0.1) is 22.7 Å². The van der Waals surface area contributed by atoms with E-state index in [1.165, 1.54) is 0 Å². The maximum Gasteiger partial charge on any atom is 0.343 e. The van der Waals surface area contributed by atoms with E-state index in [9.17, 15) is 20.1 Å². The molecule has 2 fully saturated rings. The minimum absolute atomic E-state index is 0.0306. The summed E-state index contributed by atoms with van der Waals surface area (Å²) in [7, 11) is 0. The van der Waals surface area contributed by atoms with Gasteiger partial charge in [0.05, 0.1) is 18.3 Å². The first-order valence-corrected chi connectivity index (χ1v) is 13.5. The van der Waals surface area contributed by atoms with Gasteiger partial charge in [0.15, 0.2) is 0 Å². The lowest BCUT2D eigenvalue weighted by molar-refractivity contribution is -0.145. The molecule has 2 saturated carbocycles. The van der Waals surface area contributed by atoms with Crippen LogP contribution in [0.1, 0.15) is 58.9 Å². The van der Waals surface area contributed by atoms with Gasteiger partial charge in [0, 0.05) is 41.7 Å². The van der Waals surface area contributed by atoms with Crippen LogP contribution in [0.4, 0.5) is 5.69 Å². The fourth-order valence-electron chi connectivity index (χ4n) is 6.88. The van der Waals surface area contributed by atoms with Gasteiger partial charge in [-0.2, -0.15) is 0 Å². The molecule has 4 rings (SSSR count). The number of phenols is 1. The van der Waals surface area contributed by atoms with Crippen LogP contribution in [0.25, 0.3) is 6.08 Å². The molecule has 0 aromatic heterocycles. The van der Waals surface area contributed by atoms with E-state index in [4.69, 9.17) is 4.74 Å². The SMILES string of the molecule is C=C1CCC2[C@](C)(CC[C@H](O)[C@@]2(C)CO)C1/C=C/C1=CC(=C\c2ccc(N(CC)CC)cc2O)/OC1=O. The quantitative estimate of drug-likeness (QED) is 0.340. The number of carbonyl (C=O) groups excluding carboxylic acids is 1. The summed E-state index contributed by atoms with van der Waals surface area (Å²) in [5, 5.41) is 31.5. The molecule has 3 N–H and O–H groups in total. The number of aliphatic hydroxyl groups is 2. The second-order valence-electron chi connectivity index (χ2n) is 11.3. The third-order valence-electron chi connectivity index (χ3n) is 9.21. The van der Waals surface area contributed by atoms with Gasteiger partial charge in [0.2, 0.25) is 0 Å². The number of benzene rings is 1. The monoisotopic (exact) mass is 507 g/mol. The first-order valence-electron chi connectivity index (χ1n) is 13.5. The smallest absolute Gasteiger partial charge is 0.343 e. The predicted molar refractivity (Wildman–Crippen MR) is 147 cm³/mol. The van der Waals surface area contributed by atoms with Crippen LogP contribution in [0.2, 0.25) is 0 Å². The standard InChI is InChI=1S/C31H41NO5/c1-6-32(7-2)23-11-9-21(26(34)18-23)16-24-17-22(29(36)37-24)10-12-25-20(3)8-13-27-30(25,4)15-14-28(35)31(27,5)19-33/h9-12,16-18,25,27-28,33-35H,3,6-8,13-15,19H2,1-2,4-5H3/b12-10+,24-16+/t25?,27?,28-,30+,31-/m0/s1. The molecule has 1 aliphatic heterocycles. The lowest BCUT2D eigenvalue weighted by atomic mass is 9.46. The molecule has 37 heavy (non-hydrogen) atoms. The van der Waals surface area contributed by atoms with Crippen LogP contribution in [0.3, 0.4) is 0 Å². The van der Waals surface area contributed by atoms with Gasteiger partial charge in [0.25, 0.3) is 0 Å². The molecule has 0 bridgehead atoms. The minimum atomic E-state index is -0.551. The summed E-state index contributed by atoms with van der Waals surface area (Å²) in [5.41, 5.74) is 2.38. The first-order chi connectivity index (χ1) is 17.6. The third-order valence-corrected chi connectivity index (χ3v) is 9.21. The van der Waals surface area contributed by atoms with Crippen LogP contribution in [0.5, 0.6) is 5.75 Å². The van der Waals surface area contributed by atoms with E-state index in [0.717, 1.165) is 43.6 Å². The van der Waals surface area contributed by atoms with Gasteiger partial charge in [-0.3, -0.25) is 0 Å². The van der Waals surface area contributed by atoms with Crippen molar-refractivity contribution in [3.63, 3.8) is 0 Å². The Morgan fingerprint density at radius 2 is 1.95 bits per heavy atom. The van der Waals surface area contributed by atoms with Gasteiger partial charge < -0.3 is 25.0 Å². The van der Waals surface area contributed by atoms with Crippen LogP contribution >= 0.6 is 0 Å². The summed E-state index contributed by atoms with van der Waals surface area (Å²) in [6, 6.07) is 5.51. The lowest BCUT2D eigenvalue weighted by Gasteiger charge is -2.59. The normalized spacial score (nSPS) is 33.0. The van der Waals surface area contributed by atoms with E-state index in [2.05, 4.69) is 38.3 Å². The second-order valence-corrected chi connectivity index (χ2v) is 11.3. The average Bonchev–Trinajstić information content (AvgIpc) is 3.22. The average molecular weight is 508 g/mol. The molecule has 2 aliphatic carbocycles. The highest BCUT2D eigenvalue weighted by molar-refractivity contribution is 5.96. The Hall–Kier alpha value is -2.83. The third kappa shape index (κ3) is 4.89.